The highest BCUT2D eigenvalue weighted by molar-refractivity contribution is 5.80. The van der Waals surface area contributed by atoms with Crippen molar-refractivity contribution in [2.24, 2.45) is 0 Å². The van der Waals surface area contributed by atoms with Gasteiger partial charge in [0.2, 0.25) is 5.91 Å². The van der Waals surface area contributed by atoms with Gasteiger partial charge in [-0.3, -0.25) is 14.2 Å². The number of carbonyl (C=O) groups is 1. The zero-order valence-electron chi connectivity index (χ0n) is 11.4. The lowest BCUT2D eigenvalue weighted by molar-refractivity contribution is -0.130. The third-order valence-corrected chi connectivity index (χ3v) is 3.77. The molecule has 1 atom stereocenters. The molecule has 6 nitrogen and oxygen atoms in total. The third kappa shape index (κ3) is 3.07. The fourth-order valence-corrected chi connectivity index (χ4v) is 2.41. The van der Waals surface area contributed by atoms with Crippen LogP contribution in [0, 0.1) is 0 Å². The number of nitrogens with zero attached hydrogens (tertiary/aromatic N) is 2. The van der Waals surface area contributed by atoms with Crippen LogP contribution < -0.4 is 10.9 Å². The molecule has 2 aliphatic rings. The van der Waals surface area contributed by atoms with E-state index in [9.17, 15) is 9.59 Å². The number of aromatic nitrogens is 2. The highest BCUT2D eigenvalue weighted by Crippen LogP contribution is 2.38. The summed E-state index contributed by atoms with van der Waals surface area (Å²) in [5.74, 6) is 0.398. The van der Waals surface area contributed by atoms with Crippen molar-refractivity contribution in [1.82, 2.24) is 14.9 Å². The Kier molecular flexibility index (Phi) is 3.82. The van der Waals surface area contributed by atoms with Gasteiger partial charge in [-0.05, 0) is 25.7 Å². The standard InChI is InChI=1S/C14H19N3O3/c18-13-8-11(10-3-4-10)16-9-17(13)6-5-15-14(19)12-2-1-7-20-12/h8-10,12H,1-7H2,(H,15,19). The maximum absolute atomic E-state index is 11.9. The van der Waals surface area contributed by atoms with E-state index in [-0.39, 0.29) is 17.6 Å². The van der Waals surface area contributed by atoms with Gasteiger partial charge in [0.25, 0.3) is 5.56 Å². The van der Waals surface area contributed by atoms with Gasteiger partial charge in [0.15, 0.2) is 0 Å². The molecule has 6 heteroatoms. The van der Waals surface area contributed by atoms with Crippen molar-refractivity contribution in [3.05, 3.63) is 28.4 Å². The zero-order chi connectivity index (χ0) is 13.9. The predicted molar refractivity (Wildman–Crippen MR) is 72.5 cm³/mol. The molecule has 0 radical (unpaired) electrons. The summed E-state index contributed by atoms with van der Waals surface area (Å²) in [6.45, 7) is 1.52. The molecule has 1 saturated carbocycles. The Morgan fingerprint density at radius 2 is 2.30 bits per heavy atom. The lowest BCUT2D eigenvalue weighted by Crippen LogP contribution is -2.37. The second-order valence-electron chi connectivity index (χ2n) is 5.41. The minimum Gasteiger partial charge on any atom is -0.368 e. The molecule has 20 heavy (non-hydrogen) atoms. The average molecular weight is 277 g/mol. The quantitative estimate of drug-likeness (QED) is 0.846. The Labute approximate surface area is 117 Å². The van der Waals surface area contributed by atoms with Crippen LogP contribution in [-0.2, 0) is 16.1 Å². The highest BCUT2D eigenvalue weighted by atomic mass is 16.5. The van der Waals surface area contributed by atoms with Crippen LogP contribution in [0.3, 0.4) is 0 Å². The summed E-state index contributed by atoms with van der Waals surface area (Å²) in [7, 11) is 0. The summed E-state index contributed by atoms with van der Waals surface area (Å²) in [4.78, 5) is 27.9. The first-order valence-corrected chi connectivity index (χ1v) is 7.20. The largest absolute Gasteiger partial charge is 0.368 e. The van der Waals surface area contributed by atoms with Crippen LogP contribution >= 0.6 is 0 Å². The first-order chi connectivity index (χ1) is 9.74. The van der Waals surface area contributed by atoms with E-state index < -0.39 is 0 Å². The zero-order valence-corrected chi connectivity index (χ0v) is 11.4. The van der Waals surface area contributed by atoms with Gasteiger partial charge in [-0.2, -0.15) is 0 Å². The van der Waals surface area contributed by atoms with Crippen molar-refractivity contribution < 1.29 is 9.53 Å². The second-order valence-corrected chi connectivity index (χ2v) is 5.41. The molecule has 1 aromatic heterocycles. The number of rotatable bonds is 5. The summed E-state index contributed by atoms with van der Waals surface area (Å²) >= 11 is 0. The fraction of sp³-hybridized carbons (Fsp3) is 0.643. The Balaban J connectivity index is 1.50. The van der Waals surface area contributed by atoms with Gasteiger partial charge in [-0.15, -0.1) is 0 Å². The van der Waals surface area contributed by atoms with E-state index in [2.05, 4.69) is 10.3 Å². The molecule has 1 unspecified atom stereocenters. The van der Waals surface area contributed by atoms with Crippen LogP contribution in [-0.4, -0.2) is 34.7 Å². The monoisotopic (exact) mass is 277 g/mol. The predicted octanol–water partition coefficient (Wildman–Crippen LogP) is 0.416. The van der Waals surface area contributed by atoms with E-state index in [1.807, 2.05) is 0 Å². The van der Waals surface area contributed by atoms with Gasteiger partial charge in [0.05, 0.1) is 12.0 Å². The van der Waals surface area contributed by atoms with Crippen molar-refractivity contribution in [2.45, 2.75) is 44.2 Å². The Morgan fingerprint density at radius 1 is 1.45 bits per heavy atom. The molecule has 2 fully saturated rings. The topological polar surface area (TPSA) is 73.2 Å². The van der Waals surface area contributed by atoms with Crippen molar-refractivity contribution in [3.8, 4) is 0 Å². The molecule has 1 aliphatic carbocycles. The third-order valence-electron chi connectivity index (χ3n) is 3.77. The van der Waals surface area contributed by atoms with Crippen molar-refractivity contribution in [3.63, 3.8) is 0 Å². The molecule has 108 valence electrons. The van der Waals surface area contributed by atoms with Gasteiger partial charge in [0, 0.05) is 31.7 Å². The van der Waals surface area contributed by atoms with Crippen LogP contribution in [0.15, 0.2) is 17.2 Å². The molecule has 1 N–H and O–H groups in total. The maximum atomic E-state index is 11.9. The van der Waals surface area contributed by atoms with E-state index >= 15 is 0 Å². The van der Waals surface area contributed by atoms with Crippen LogP contribution in [0.5, 0.6) is 0 Å². The lowest BCUT2D eigenvalue weighted by atomic mass is 10.2. The Bertz CT molecular complexity index is 545. The molecular weight excluding hydrogens is 258 g/mol. The van der Waals surface area contributed by atoms with Crippen molar-refractivity contribution in [2.75, 3.05) is 13.2 Å². The fourth-order valence-electron chi connectivity index (χ4n) is 2.41. The first-order valence-electron chi connectivity index (χ1n) is 7.20. The molecule has 0 bridgehead atoms. The smallest absolute Gasteiger partial charge is 0.253 e. The summed E-state index contributed by atoms with van der Waals surface area (Å²) in [6, 6.07) is 1.61. The number of hydrogen-bond donors (Lipinski definition) is 1. The van der Waals surface area contributed by atoms with Crippen molar-refractivity contribution in [1.29, 1.82) is 0 Å². The van der Waals surface area contributed by atoms with E-state index in [4.69, 9.17) is 4.74 Å². The Morgan fingerprint density at radius 3 is 2.95 bits per heavy atom. The van der Waals surface area contributed by atoms with Gasteiger partial charge in [-0.25, -0.2) is 4.98 Å². The number of carbonyl (C=O) groups excluding carboxylic acids is 1. The molecule has 1 amide bonds. The second kappa shape index (κ2) is 5.75. The van der Waals surface area contributed by atoms with E-state index in [0.29, 0.717) is 25.6 Å². The SMILES string of the molecule is O=C(NCCn1cnc(C2CC2)cc1=O)C1CCCO1. The highest BCUT2D eigenvalue weighted by Gasteiger charge is 2.25. The molecule has 3 rings (SSSR count). The van der Waals surface area contributed by atoms with E-state index in [1.165, 1.54) is 4.57 Å². The summed E-state index contributed by atoms with van der Waals surface area (Å²) in [6.07, 6.45) is 5.24. The number of amides is 1. The van der Waals surface area contributed by atoms with E-state index in [0.717, 1.165) is 31.4 Å². The maximum Gasteiger partial charge on any atom is 0.253 e. The minimum absolute atomic E-state index is 0.0479. The molecule has 1 saturated heterocycles. The lowest BCUT2D eigenvalue weighted by Gasteiger charge is -2.11. The van der Waals surface area contributed by atoms with Gasteiger partial charge >= 0.3 is 0 Å². The van der Waals surface area contributed by atoms with Crippen LogP contribution in [0.1, 0.15) is 37.3 Å². The van der Waals surface area contributed by atoms with Crippen molar-refractivity contribution >= 4 is 5.91 Å². The van der Waals surface area contributed by atoms with E-state index in [1.54, 1.807) is 12.4 Å². The molecule has 0 spiro atoms. The number of ether oxygens (including phenoxy) is 1. The average Bonchev–Trinajstić information content (AvgIpc) is 3.15. The molecule has 1 aromatic rings. The van der Waals surface area contributed by atoms with Gasteiger partial charge in [0.1, 0.15) is 6.10 Å². The first kappa shape index (κ1) is 13.3. The van der Waals surface area contributed by atoms with Crippen LogP contribution in [0.2, 0.25) is 0 Å². The number of hydrogen-bond acceptors (Lipinski definition) is 4. The van der Waals surface area contributed by atoms with Crippen LogP contribution in [0.25, 0.3) is 0 Å². The molecule has 2 heterocycles. The minimum atomic E-state index is -0.318. The van der Waals surface area contributed by atoms with Crippen LogP contribution in [0.4, 0.5) is 0 Å². The summed E-state index contributed by atoms with van der Waals surface area (Å²) < 4.78 is 6.83. The molecule has 1 aliphatic heterocycles. The van der Waals surface area contributed by atoms with Gasteiger partial charge in [-0.1, -0.05) is 0 Å². The summed E-state index contributed by atoms with van der Waals surface area (Å²) in [5.41, 5.74) is 0.850. The molecule has 0 aromatic carbocycles. The molecular formula is C14H19N3O3. The normalized spacial score (nSPS) is 21.9. The Hall–Kier alpha value is -1.69. The summed E-state index contributed by atoms with van der Waals surface area (Å²) in [5, 5.41) is 2.80. The van der Waals surface area contributed by atoms with Gasteiger partial charge < -0.3 is 10.1 Å². The number of nitrogens with one attached hydrogen (secondary N) is 1.